The Morgan fingerprint density at radius 3 is 2.15 bits per heavy atom. The first kappa shape index (κ1) is 16.9. The van der Waals surface area contributed by atoms with E-state index in [1.807, 2.05) is 39.5 Å². The molecule has 1 saturated heterocycles. The molecule has 1 unspecified atom stereocenters. The van der Waals surface area contributed by atoms with Crippen LogP contribution in [0.1, 0.15) is 34.6 Å². The first-order chi connectivity index (χ1) is 9.37. The summed E-state index contributed by atoms with van der Waals surface area (Å²) in [6, 6.07) is 2.28. The molecule has 0 bridgehead atoms. The van der Waals surface area contributed by atoms with Crippen molar-refractivity contribution in [3.63, 3.8) is 0 Å². The summed E-state index contributed by atoms with van der Waals surface area (Å²) in [6.07, 6.45) is 0. The highest BCUT2D eigenvalue weighted by molar-refractivity contribution is 5.81. The van der Waals surface area contributed by atoms with E-state index in [4.69, 9.17) is 0 Å². The number of hydrogen-bond donors (Lipinski definition) is 0. The molecule has 114 valence electrons. The molecule has 1 fully saturated rings. The van der Waals surface area contributed by atoms with Crippen LogP contribution in [0.5, 0.6) is 0 Å². The maximum Gasteiger partial charge on any atom is 0.239 e. The fraction of sp³-hybridized carbons (Fsp3) is 0.867. The molecule has 0 aromatic carbocycles. The monoisotopic (exact) mass is 280 g/mol. The average Bonchev–Trinajstić information content (AvgIpc) is 2.47. The smallest absolute Gasteiger partial charge is 0.239 e. The lowest BCUT2D eigenvalue weighted by atomic mass is 10.0. The first-order valence-corrected chi connectivity index (χ1v) is 7.56. The highest BCUT2D eigenvalue weighted by atomic mass is 16.2. The summed E-state index contributed by atoms with van der Waals surface area (Å²) in [6.45, 7) is 14.8. The molecule has 1 aliphatic rings. The third-order valence-corrected chi connectivity index (χ3v) is 4.36. The minimum absolute atomic E-state index is 0.0674. The number of nitriles is 1. The molecule has 1 atom stereocenters. The van der Waals surface area contributed by atoms with Gasteiger partial charge in [0.1, 0.15) is 5.54 Å². The van der Waals surface area contributed by atoms with Gasteiger partial charge in [-0.3, -0.25) is 14.6 Å². The number of nitrogens with zero attached hydrogens (tertiary/aromatic N) is 4. The van der Waals surface area contributed by atoms with Crippen LogP contribution in [0.4, 0.5) is 0 Å². The molecule has 0 aliphatic carbocycles. The Bertz CT molecular complexity index is 363. The van der Waals surface area contributed by atoms with E-state index in [1.54, 1.807) is 0 Å². The summed E-state index contributed by atoms with van der Waals surface area (Å²) in [5.41, 5.74) is -0.418. The number of rotatable bonds is 5. The molecule has 1 rings (SSSR count). The van der Waals surface area contributed by atoms with Gasteiger partial charge in [-0.1, -0.05) is 0 Å². The Morgan fingerprint density at radius 1 is 1.25 bits per heavy atom. The number of carbonyl (C=O) groups excluding carboxylic acids is 1. The third kappa shape index (κ3) is 3.71. The van der Waals surface area contributed by atoms with Crippen LogP contribution >= 0.6 is 0 Å². The molecule has 1 aliphatic heterocycles. The largest absolute Gasteiger partial charge is 0.342 e. The van der Waals surface area contributed by atoms with Crippen LogP contribution in [-0.2, 0) is 4.79 Å². The second kappa shape index (κ2) is 7.05. The van der Waals surface area contributed by atoms with E-state index in [0.29, 0.717) is 0 Å². The van der Waals surface area contributed by atoms with Crippen LogP contribution in [0.25, 0.3) is 0 Å². The topological polar surface area (TPSA) is 50.6 Å². The first-order valence-electron chi connectivity index (χ1n) is 7.56. The normalized spacial score (nSPS) is 19.4. The van der Waals surface area contributed by atoms with E-state index in [0.717, 1.165) is 39.3 Å². The van der Waals surface area contributed by atoms with Gasteiger partial charge in [0.05, 0.1) is 12.1 Å². The van der Waals surface area contributed by atoms with E-state index in [-0.39, 0.29) is 11.9 Å². The maximum absolute atomic E-state index is 12.4. The molecule has 1 heterocycles. The number of carbonyl (C=O) groups is 1. The minimum Gasteiger partial charge on any atom is -0.342 e. The molecule has 5 heteroatoms. The molecule has 0 saturated carbocycles. The SMILES string of the molecule is CCN(CC)C(=O)C(C)N1CCN(C(C)(C)C#N)CC1. The second-order valence-corrected chi connectivity index (χ2v) is 5.88. The minimum atomic E-state index is -0.418. The van der Waals surface area contributed by atoms with Crippen molar-refractivity contribution in [2.45, 2.75) is 46.2 Å². The predicted octanol–water partition coefficient (Wildman–Crippen LogP) is 1.16. The van der Waals surface area contributed by atoms with Gasteiger partial charge in [-0.25, -0.2) is 0 Å². The van der Waals surface area contributed by atoms with E-state index >= 15 is 0 Å². The van der Waals surface area contributed by atoms with Gasteiger partial charge in [-0.2, -0.15) is 5.26 Å². The van der Waals surface area contributed by atoms with Crippen molar-refractivity contribution in [3.8, 4) is 6.07 Å². The number of piperazine rings is 1. The van der Waals surface area contributed by atoms with Crippen molar-refractivity contribution < 1.29 is 4.79 Å². The van der Waals surface area contributed by atoms with Gasteiger partial charge in [0.25, 0.3) is 0 Å². The maximum atomic E-state index is 12.4. The van der Waals surface area contributed by atoms with E-state index in [2.05, 4.69) is 15.9 Å². The average molecular weight is 280 g/mol. The van der Waals surface area contributed by atoms with Gasteiger partial charge in [0.2, 0.25) is 5.91 Å². The quantitative estimate of drug-likeness (QED) is 0.758. The van der Waals surface area contributed by atoms with Crippen LogP contribution < -0.4 is 0 Å². The number of amides is 1. The molecule has 0 aromatic rings. The van der Waals surface area contributed by atoms with Crippen molar-refractivity contribution in [3.05, 3.63) is 0 Å². The van der Waals surface area contributed by atoms with E-state index in [1.165, 1.54) is 0 Å². The summed E-state index contributed by atoms with van der Waals surface area (Å²) >= 11 is 0. The van der Waals surface area contributed by atoms with E-state index < -0.39 is 5.54 Å². The van der Waals surface area contributed by atoms with Crippen molar-refractivity contribution in [1.29, 1.82) is 5.26 Å². The summed E-state index contributed by atoms with van der Waals surface area (Å²) in [4.78, 5) is 18.7. The zero-order valence-electron chi connectivity index (χ0n) is 13.5. The number of likely N-dealkylation sites (N-methyl/N-ethyl adjacent to an activating group) is 1. The zero-order valence-corrected chi connectivity index (χ0v) is 13.5. The number of hydrogen-bond acceptors (Lipinski definition) is 4. The van der Waals surface area contributed by atoms with Gasteiger partial charge in [-0.15, -0.1) is 0 Å². The molecule has 1 amide bonds. The van der Waals surface area contributed by atoms with Gasteiger partial charge < -0.3 is 4.90 Å². The third-order valence-electron chi connectivity index (χ3n) is 4.36. The van der Waals surface area contributed by atoms with Crippen LogP contribution in [0, 0.1) is 11.3 Å². The highest BCUT2D eigenvalue weighted by Gasteiger charge is 2.33. The van der Waals surface area contributed by atoms with Crippen LogP contribution in [0.3, 0.4) is 0 Å². The Hall–Kier alpha value is -1.12. The van der Waals surface area contributed by atoms with Crippen LogP contribution in [-0.4, -0.2) is 71.5 Å². The summed E-state index contributed by atoms with van der Waals surface area (Å²) in [5.74, 6) is 0.211. The van der Waals surface area contributed by atoms with Crippen molar-refractivity contribution in [1.82, 2.24) is 14.7 Å². The van der Waals surface area contributed by atoms with Crippen molar-refractivity contribution >= 4 is 5.91 Å². The van der Waals surface area contributed by atoms with Gasteiger partial charge in [-0.05, 0) is 34.6 Å². The molecule has 0 aromatic heterocycles. The van der Waals surface area contributed by atoms with Gasteiger partial charge in [0.15, 0.2) is 0 Å². The molecule has 5 nitrogen and oxygen atoms in total. The van der Waals surface area contributed by atoms with E-state index in [9.17, 15) is 10.1 Å². The van der Waals surface area contributed by atoms with Gasteiger partial charge in [0, 0.05) is 39.3 Å². The fourth-order valence-corrected chi connectivity index (χ4v) is 2.69. The Labute approximate surface area is 123 Å². The summed E-state index contributed by atoms with van der Waals surface area (Å²) in [7, 11) is 0. The van der Waals surface area contributed by atoms with Crippen molar-refractivity contribution in [2.24, 2.45) is 0 Å². The van der Waals surface area contributed by atoms with Crippen LogP contribution in [0.2, 0.25) is 0 Å². The lowest BCUT2D eigenvalue weighted by molar-refractivity contribution is -0.136. The molecular weight excluding hydrogens is 252 g/mol. The van der Waals surface area contributed by atoms with Crippen molar-refractivity contribution in [2.75, 3.05) is 39.3 Å². The Balaban J connectivity index is 2.57. The lowest BCUT2D eigenvalue weighted by Crippen LogP contribution is -2.58. The highest BCUT2D eigenvalue weighted by Crippen LogP contribution is 2.17. The lowest BCUT2D eigenvalue weighted by Gasteiger charge is -2.42. The summed E-state index contributed by atoms with van der Waals surface area (Å²) in [5, 5.41) is 9.18. The van der Waals surface area contributed by atoms with Gasteiger partial charge >= 0.3 is 0 Å². The molecule has 0 spiro atoms. The predicted molar refractivity (Wildman–Crippen MR) is 80.2 cm³/mol. The fourth-order valence-electron chi connectivity index (χ4n) is 2.69. The molecule has 0 N–H and O–H groups in total. The molecular formula is C15H28N4O. The Kier molecular flexibility index (Phi) is 5.97. The zero-order chi connectivity index (χ0) is 15.3. The molecule has 0 radical (unpaired) electrons. The standard InChI is InChI=1S/C15H28N4O/c1-6-17(7-2)14(20)13(3)18-8-10-19(11-9-18)15(4,5)12-16/h13H,6-11H2,1-5H3. The van der Waals surface area contributed by atoms with Crippen LogP contribution in [0.15, 0.2) is 0 Å². The second-order valence-electron chi connectivity index (χ2n) is 5.88. The summed E-state index contributed by atoms with van der Waals surface area (Å²) < 4.78 is 0. The molecule has 20 heavy (non-hydrogen) atoms. The Morgan fingerprint density at radius 2 is 1.75 bits per heavy atom.